The number of aryl methyl sites for hydroxylation is 1. The van der Waals surface area contributed by atoms with E-state index >= 15 is 0 Å². The molecule has 0 radical (unpaired) electrons. The zero-order valence-electron chi connectivity index (χ0n) is 17.6. The summed E-state index contributed by atoms with van der Waals surface area (Å²) in [6.07, 6.45) is 3.16. The fraction of sp³-hybridized carbons (Fsp3) is 0.400. The third kappa shape index (κ3) is 4.54. The first-order valence-corrected chi connectivity index (χ1v) is 10.7. The molecule has 2 aliphatic heterocycles. The van der Waals surface area contributed by atoms with Gasteiger partial charge in [-0.3, -0.25) is 9.69 Å². The van der Waals surface area contributed by atoms with Gasteiger partial charge in [0.1, 0.15) is 0 Å². The van der Waals surface area contributed by atoms with Crippen LogP contribution in [0.15, 0.2) is 54.6 Å². The number of piperazine rings is 1. The van der Waals surface area contributed by atoms with Gasteiger partial charge in [-0.05, 0) is 48.6 Å². The Balaban J connectivity index is 1.28. The van der Waals surface area contributed by atoms with E-state index in [4.69, 9.17) is 0 Å². The molecule has 152 valence electrons. The van der Waals surface area contributed by atoms with E-state index < -0.39 is 0 Å². The van der Waals surface area contributed by atoms with Crippen LogP contribution in [0, 0.1) is 13.8 Å². The van der Waals surface area contributed by atoms with Crippen molar-refractivity contribution >= 4 is 17.2 Å². The first-order valence-electron chi connectivity index (χ1n) is 10.7. The molecule has 1 amide bonds. The first kappa shape index (κ1) is 19.7. The molecule has 0 aliphatic carbocycles. The molecule has 4 nitrogen and oxygen atoms in total. The number of carbonyl (C=O) groups excluding carboxylic acids is 1. The van der Waals surface area contributed by atoms with E-state index in [0.29, 0.717) is 6.54 Å². The summed E-state index contributed by atoms with van der Waals surface area (Å²) in [5, 5.41) is 0. The topological polar surface area (TPSA) is 26.8 Å². The van der Waals surface area contributed by atoms with Gasteiger partial charge in [0.2, 0.25) is 5.91 Å². The van der Waals surface area contributed by atoms with Crippen LogP contribution < -0.4 is 4.90 Å². The average Bonchev–Trinajstić information content (AvgIpc) is 2.77. The lowest BCUT2D eigenvalue weighted by molar-refractivity contribution is -0.132. The Morgan fingerprint density at radius 3 is 2.34 bits per heavy atom. The van der Waals surface area contributed by atoms with Crippen molar-refractivity contribution in [2.24, 2.45) is 0 Å². The van der Waals surface area contributed by atoms with E-state index in [1.807, 2.05) is 11.0 Å². The van der Waals surface area contributed by atoms with Crippen molar-refractivity contribution in [3.8, 4) is 0 Å². The second-order valence-electron chi connectivity index (χ2n) is 8.17. The average molecular weight is 390 g/mol. The van der Waals surface area contributed by atoms with Crippen LogP contribution in [0.2, 0.25) is 0 Å². The molecular formula is C25H31N3O. The first-order chi connectivity index (χ1) is 14.1. The van der Waals surface area contributed by atoms with Crippen LogP contribution in [0.1, 0.15) is 23.1 Å². The van der Waals surface area contributed by atoms with Crippen molar-refractivity contribution in [2.45, 2.75) is 20.3 Å². The summed E-state index contributed by atoms with van der Waals surface area (Å²) in [5.74, 6) is 0.258. The van der Waals surface area contributed by atoms with Crippen LogP contribution in [0.25, 0.3) is 5.57 Å². The standard InChI is InChI=1S/C25H31N3O/c1-20-7-6-10-24(21(20)2)27-17-15-26(16-18-27)19-25(29)28-13-11-23(12-14-28)22-8-4-3-5-9-22/h3-11H,12-19H2,1-2H3. The molecule has 1 saturated heterocycles. The minimum Gasteiger partial charge on any atom is -0.369 e. The van der Waals surface area contributed by atoms with Gasteiger partial charge in [0, 0.05) is 45.0 Å². The second-order valence-corrected chi connectivity index (χ2v) is 8.17. The second kappa shape index (κ2) is 8.83. The van der Waals surface area contributed by atoms with Gasteiger partial charge in [0.15, 0.2) is 0 Å². The molecule has 4 rings (SSSR count). The van der Waals surface area contributed by atoms with Gasteiger partial charge in [0.25, 0.3) is 0 Å². The molecule has 2 aromatic rings. The summed E-state index contributed by atoms with van der Waals surface area (Å²) in [7, 11) is 0. The van der Waals surface area contributed by atoms with E-state index in [1.165, 1.54) is 28.0 Å². The van der Waals surface area contributed by atoms with Crippen molar-refractivity contribution < 1.29 is 4.79 Å². The Hall–Kier alpha value is -2.59. The van der Waals surface area contributed by atoms with Crippen molar-refractivity contribution in [3.05, 3.63) is 71.3 Å². The highest BCUT2D eigenvalue weighted by Crippen LogP contribution is 2.24. The van der Waals surface area contributed by atoms with Crippen LogP contribution in [-0.4, -0.2) is 61.5 Å². The molecule has 0 atom stereocenters. The quantitative estimate of drug-likeness (QED) is 0.797. The van der Waals surface area contributed by atoms with Crippen molar-refractivity contribution in [3.63, 3.8) is 0 Å². The van der Waals surface area contributed by atoms with Gasteiger partial charge in [-0.15, -0.1) is 0 Å². The number of hydrogen-bond donors (Lipinski definition) is 0. The van der Waals surface area contributed by atoms with E-state index in [2.05, 4.69) is 72.2 Å². The fourth-order valence-electron chi connectivity index (χ4n) is 4.33. The third-order valence-electron chi connectivity index (χ3n) is 6.35. The summed E-state index contributed by atoms with van der Waals surface area (Å²) >= 11 is 0. The van der Waals surface area contributed by atoms with Gasteiger partial charge in [-0.1, -0.05) is 48.5 Å². The van der Waals surface area contributed by atoms with Crippen LogP contribution in [0.5, 0.6) is 0 Å². The van der Waals surface area contributed by atoms with Gasteiger partial charge in [-0.25, -0.2) is 0 Å². The van der Waals surface area contributed by atoms with Gasteiger partial charge < -0.3 is 9.80 Å². The molecule has 4 heteroatoms. The lowest BCUT2D eigenvalue weighted by atomic mass is 9.99. The lowest BCUT2D eigenvalue weighted by Crippen LogP contribution is -2.50. The van der Waals surface area contributed by atoms with E-state index in [9.17, 15) is 4.79 Å². The largest absolute Gasteiger partial charge is 0.369 e. The van der Waals surface area contributed by atoms with E-state index in [1.54, 1.807) is 0 Å². The number of anilines is 1. The van der Waals surface area contributed by atoms with Crippen LogP contribution in [-0.2, 0) is 4.79 Å². The fourth-order valence-corrected chi connectivity index (χ4v) is 4.33. The molecule has 2 heterocycles. The van der Waals surface area contributed by atoms with Crippen molar-refractivity contribution in [1.29, 1.82) is 0 Å². The molecule has 0 unspecified atom stereocenters. The van der Waals surface area contributed by atoms with Gasteiger partial charge >= 0.3 is 0 Å². The van der Waals surface area contributed by atoms with Gasteiger partial charge in [0.05, 0.1) is 6.54 Å². The van der Waals surface area contributed by atoms with Crippen LogP contribution in [0.4, 0.5) is 5.69 Å². The van der Waals surface area contributed by atoms with E-state index in [-0.39, 0.29) is 5.91 Å². The van der Waals surface area contributed by atoms with Gasteiger partial charge in [-0.2, -0.15) is 0 Å². The number of hydrogen-bond acceptors (Lipinski definition) is 3. The molecule has 1 fully saturated rings. The monoisotopic (exact) mass is 389 g/mol. The minimum atomic E-state index is 0.258. The molecular weight excluding hydrogens is 358 g/mol. The highest BCUT2D eigenvalue weighted by atomic mass is 16.2. The molecule has 29 heavy (non-hydrogen) atoms. The number of rotatable bonds is 4. The molecule has 0 bridgehead atoms. The Morgan fingerprint density at radius 1 is 0.897 bits per heavy atom. The number of benzene rings is 2. The summed E-state index contributed by atoms with van der Waals surface area (Å²) in [5.41, 5.74) is 6.68. The van der Waals surface area contributed by atoms with Crippen molar-refractivity contribution in [2.75, 3.05) is 50.7 Å². The molecule has 0 spiro atoms. The number of amides is 1. The summed E-state index contributed by atoms with van der Waals surface area (Å²) < 4.78 is 0. The normalized spacial score (nSPS) is 17.9. The summed E-state index contributed by atoms with van der Waals surface area (Å²) in [4.78, 5) is 19.6. The van der Waals surface area contributed by atoms with Crippen LogP contribution in [0.3, 0.4) is 0 Å². The predicted molar refractivity (Wildman–Crippen MR) is 120 cm³/mol. The summed E-state index contributed by atoms with van der Waals surface area (Å²) in [6.45, 7) is 10.3. The number of nitrogens with zero attached hydrogens (tertiary/aromatic N) is 3. The number of carbonyl (C=O) groups is 1. The highest BCUT2D eigenvalue weighted by molar-refractivity contribution is 5.80. The summed E-state index contributed by atoms with van der Waals surface area (Å²) in [6, 6.07) is 17.0. The molecule has 2 aliphatic rings. The molecule has 0 aromatic heterocycles. The zero-order chi connectivity index (χ0) is 20.2. The Morgan fingerprint density at radius 2 is 1.66 bits per heavy atom. The minimum absolute atomic E-state index is 0.258. The Bertz CT molecular complexity index is 882. The molecule has 0 N–H and O–H groups in total. The molecule has 0 saturated carbocycles. The highest BCUT2D eigenvalue weighted by Gasteiger charge is 2.24. The predicted octanol–water partition coefficient (Wildman–Crippen LogP) is 3.74. The maximum Gasteiger partial charge on any atom is 0.237 e. The Kier molecular flexibility index (Phi) is 6.00. The lowest BCUT2D eigenvalue weighted by Gasteiger charge is -2.37. The Labute approximate surface area is 174 Å². The van der Waals surface area contributed by atoms with Crippen molar-refractivity contribution in [1.82, 2.24) is 9.80 Å². The SMILES string of the molecule is Cc1cccc(N2CCN(CC(=O)N3CC=C(c4ccccc4)CC3)CC2)c1C. The zero-order valence-corrected chi connectivity index (χ0v) is 17.6. The third-order valence-corrected chi connectivity index (χ3v) is 6.35. The van der Waals surface area contributed by atoms with E-state index in [0.717, 1.165) is 45.7 Å². The smallest absolute Gasteiger partial charge is 0.237 e. The maximum atomic E-state index is 12.8. The maximum absolute atomic E-state index is 12.8. The molecule has 2 aromatic carbocycles. The van der Waals surface area contributed by atoms with Crippen LogP contribution >= 0.6 is 0 Å².